The average molecular weight is 366 g/mol. The molecule has 0 saturated heterocycles. The lowest BCUT2D eigenvalue weighted by Crippen LogP contribution is -2.43. The molecule has 0 amide bonds. The zero-order valence-corrected chi connectivity index (χ0v) is 14.0. The first kappa shape index (κ1) is 16.8. The third-order valence-electron chi connectivity index (χ3n) is 4.29. The molecule has 4 rings (SSSR count). The van der Waals surface area contributed by atoms with Gasteiger partial charge in [0.15, 0.2) is 5.56 Å². The van der Waals surface area contributed by atoms with Crippen molar-refractivity contribution in [1.82, 2.24) is 9.55 Å². The lowest BCUT2D eigenvalue weighted by Gasteiger charge is -2.10. The van der Waals surface area contributed by atoms with Gasteiger partial charge in [-0.15, -0.1) is 0 Å². The molecule has 0 fully saturated rings. The molecule has 1 N–H and O–H groups in total. The van der Waals surface area contributed by atoms with Crippen molar-refractivity contribution in [3.05, 3.63) is 94.7 Å². The maximum absolute atomic E-state index is 13.3. The van der Waals surface area contributed by atoms with Crippen LogP contribution in [0.1, 0.15) is 5.56 Å². The fourth-order valence-electron chi connectivity index (χ4n) is 2.99. The molecular weight excluding hydrogens is 352 g/mol. The van der Waals surface area contributed by atoms with Gasteiger partial charge in [0.05, 0.1) is 6.20 Å². The quantitative estimate of drug-likeness (QED) is 0.448. The van der Waals surface area contributed by atoms with E-state index in [1.54, 1.807) is 30.5 Å². The maximum Gasteiger partial charge on any atom is 0.354 e. The van der Waals surface area contributed by atoms with E-state index in [1.807, 2.05) is 0 Å². The molecule has 0 aliphatic rings. The summed E-state index contributed by atoms with van der Waals surface area (Å²) in [7, 11) is 0. The normalized spacial score (nSPS) is 11.0. The molecule has 0 aliphatic heterocycles. The predicted octanol–water partition coefficient (Wildman–Crippen LogP) is 2.68. The Labute approximate surface area is 152 Å². The molecule has 27 heavy (non-hydrogen) atoms. The van der Waals surface area contributed by atoms with Gasteiger partial charge >= 0.3 is 5.56 Å². The summed E-state index contributed by atoms with van der Waals surface area (Å²) in [6.45, 7) is 0.168. The Kier molecular flexibility index (Phi) is 4.12. The smallest absolute Gasteiger partial charge is 0.354 e. The molecule has 3 aromatic heterocycles. The van der Waals surface area contributed by atoms with Crippen LogP contribution in [0.25, 0.3) is 16.8 Å². The Morgan fingerprint density at radius 3 is 2.52 bits per heavy atom. The molecule has 0 saturated carbocycles. The van der Waals surface area contributed by atoms with Crippen LogP contribution < -0.4 is 9.96 Å². The van der Waals surface area contributed by atoms with Crippen LogP contribution in [0.4, 0.5) is 8.78 Å². The lowest BCUT2D eigenvalue weighted by atomic mass is 10.1. The van der Waals surface area contributed by atoms with Gasteiger partial charge in [0.25, 0.3) is 11.5 Å². The van der Waals surface area contributed by atoms with Crippen LogP contribution >= 0.6 is 0 Å². The van der Waals surface area contributed by atoms with E-state index in [1.165, 1.54) is 45.5 Å². The minimum Gasteiger partial charge on any atom is -0.477 e. The molecule has 7 heteroatoms. The predicted molar refractivity (Wildman–Crippen MR) is 94.2 cm³/mol. The second-order valence-corrected chi connectivity index (χ2v) is 6.01. The third kappa shape index (κ3) is 3.03. The number of hydrogen-bond donors (Lipinski definition) is 1. The van der Waals surface area contributed by atoms with Crippen molar-refractivity contribution in [3.8, 4) is 17.0 Å². The fraction of sp³-hybridized carbons (Fsp3) is 0.0500. The van der Waals surface area contributed by atoms with E-state index < -0.39 is 17.3 Å². The Balaban J connectivity index is 1.98. The van der Waals surface area contributed by atoms with Crippen LogP contribution in [0.3, 0.4) is 0 Å². The number of benzene rings is 1. The third-order valence-corrected chi connectivity index (χ3v) is 4.29. The van der Waals surface area contributed by atoms with Gasteiger partial charge in [-0.2, -0.15) is 13.4 Å². The summed E-state index contributed by atoms with van der Waals surface area (Å²) >= 11 is 0. The highest BCUT2D eigenvalue weighted by Crippen LogP contribution is 2.27. The average Bonchev–Trinajstić information content (AvgIpc) is 2.68. The van der Waals surface area contributed by atoms with E-state index in [0.717, 1.165) is 0 Å². The number of pyridine rings is 2. The molecule has 0 radical (unpaired) electrons. The van der Waals surface area contributed by atoms with E-state index in [-0.39, 0.29) is 18.0 Å². The van der Waals surface area contributed by atoms with Crippen LogP contribution in [0.15, 0.2) is 71.8 Å². The Morgan fingerprint density at radius 2 is 1.81 bits per heavy atom. The van der Waals surface area contributed by atoms with Crippen LogP contribution in [-0.4, -0.2) is 14.7 Å². The fourth-order valence-corrected chi connectivity index (χ4v) is 2.99. The number of nitrogens with zero attached hydrogens (tertiary/aromatic N) is 3. The molecule has 0 unspecified atom stereocenters. The molecule has 0 bridgehead atoms. The van der Waals surface area contributed by atoms with Gasteiger partial charge in [-0.1, -0.05) is 18.2 Å². The molecule has 5 nitrogen and oxygen atoms in total. The molecule has 3 heterocycles. The summed E-state index contributed by atoms with van der Waals surface area (Å²) in [5.41, 5.74) is 1.11. The standard InChI is InChI=1S/C20H13F2N3O2/c21-15-7-5-14(6-8-15)18-19(26)24-10-2-1-3-17(24)25(20(18)27)12-13-4-9-16(22)23-11-13/h1-11H,12H2/p+1. The topological polar surface area (TPSA) is 59.2 Å². The number of fused-ring (bicyclic) bond motifs is 1. The van der Waals surface area contributed by atoms with Crippen molar-refractivity contribution in [2.75, 3.05) is 0 Å². The molecule has 0 atom stereocenters. The minimum absolute atomic E-state index is 0.0498. The lowest BCUT2D eigenvalue weighted by molar-refractivity contribution is -0.532. The summed E-state index contributed by atoms with van der Waals surface area (Å²) in [5, 5.41) is 10.9. The van der Waals surface area contributed by atoms with Crippen molar-refractivity contribution in [1.29, 1.82) is 0 Å². The van der Waals surface area contributed by atoms with E-state index in [9.17, 15) is 18.7 Å². The van der Waals surface area contributed by atoms with Gasteiger partial charge in [-0.3, -0.25) is 0 Å². The van der Waals surface area contributed by atoms with Crippen LogP contribution in [0, 0.1) is 11.8 Å². The van der Waals surface area contributed by atoms with Crippen molar-refractivity contribution < 1.29 is 18.3 Å². The monoisotopic (exact) mass is 366 g/mol. The SMILES string of the molecule is O=c1c(-c2ccc(F)cc2)c(O)n(Cc2ccc(F)nc2)c2cccc[n+]12. The van der Waals surface area contributed by atoms with E-state index >= 15 is 0 Å². The summed E-state index contributed by atoms with van der Waals surface area (Å²) < 4.78 is 29.3. The molecule has 134 valence electrons. The number of aromatic nitrogens is 3. The first-order valence-corrected chi connectivity index (χ1v) is 8.17. The highest BCUT2D eigenvalue weighted by molar-refractivity contribution is 5.68. The molecular formula is C20H14F2N3O2+. The zero-order chi connectivity index (χ0) is 19.0. The largest absolute Gasteiger partial charge is 0.477 e. The number of hydrogen-bond acceptors (Lipinski definition) is 3. The van der Waals surface area contributed by atoms with Gasteiger partial charge in [0.1, 0.15) is 12.4 Å². The highest BCUT2D eigenvalue weighted by atomic mass is 19.1. The van der Waals surface area contributed by atoms with Gasteiger partial charge < -0.3 is 5.11 Å². The Morgan fingerprint density at radius 1 is 1.04 bits per heavy atom. The molecule has 1 aromatic carbocycles. The van der Waals surface area contributed by atoms with Crippen LogP contribution in [0.5, 0.6) is 5.88 Å². The summed E-state index contributed by atoms with van der Waals surface area (Å²) in [4.78, 5) is 16.5. The Bertz CT molecular complexity index is 1190. The van der Waals surface area contributed by atoms with Crippen molar-refractivity contribution in [3.63, 3.8) is 0 Å². The summed E-state index contributed by atoms with van der Waals surface area (Å²) in [6.07, 6.45) is 2.95. The number of aromatic hydroxyl groups is 1. The van der Waals surface area contributed by atoms with E-state index in [0.29, 0.717) is 16.8 Å². The Hall–Kier alpha value is -3.61. The number of halogens is 2. The van der Waals surface area contributed by atoms with Crippen molar-refractivity contribution >= 4 is 5.65 Å². The zero-order valence-electron chi connectivity index (χ0n) is 14.0. The van der Waals surface area contributed by atoms with Crippen LogP contribution in [-0.2, 0) is 6.54 Å². The molecule has 0 spiro atoms. The molecule has 0 aliphatic carbocycles. The van der Waals surface area contributed by atoms with Gasteiger partial charge in [0.2, 0.25) is 5.95 Å². The number of rotatable bonds is 3. The van der Waals surface area contributed by atoms with Gasteiger partial charge in [0, 0.05) is 17.8 Å². The molecule has 4 aromatic rings. The summed E-state index contributed by atoms with van der Waals surface area (Å²) in [5.74, 6) is -1.30. The second kappa shape index (κ2) is 6.60. The first-order chi connectivity index (χ1) is 13.0. The van der Waals surface area contributed by atoms with Crippen molar-refractivity contribution in [2.24, 2.45) is 0 Å². The second-order valence-electron chi connectivity index (χ2n) is 6.01. The first-order valence-electron chi connectivity index (χ1n) is 8.17. The van der Waals surface area contributed by atoms with Gasteiger partial charge in [-0.05, 0) is 35.9 Å². The van der Waals surface area contributed by atoms with E-state index in [2.05, 4.69) is 4.98 Å². The maximum atomic E-state index is 13.3. The van der Waals surface area contributed by atoms with E-state index in [4.69, 9.17) is 0 Å². The van der Waals surface area contributed by atoms with Crippen molar-refractivity contribution in [2.45, 2.75) is 6.54 Å². The van der Waals surface area contributed by atoms with Gasteiger partial charge in [-0.25, -0.2) is 14.2 Å². The summed E-state index contributed by atoms with van der Waals surface area (Å²) in [6, 6.07) is 13.2. The minimum atomic E-state index is -0.603. The highest BCUT2D eigenvalue weighted by Gasteiger charge is 2.25. The van der Waals surface area contributed by atoms with Crippen LogP contribution in [0.2, 0.25) is 0 Å².